The van der Waals surface area contributed by atoms with Crippen molar-refractivity contribution in [3.05, 3.63) is 0 Å². The van der Waals surface area contributed by atoms with Crippen molar-refractivity contribution in [1.82, 2.24) is 5.32 Å². The van der Waals surface area contributed by atoms with Gasteiger partial charge < -0.3 is 11.1 Å². The van der Waals surface area contributed by atoms with E-state index in [1.54, 1.807) is 0 Å². The number of rotatable bonds is 10. The number of amides is 1. The lowest BCUT2D eigenvalue weighted by Crippen LogP contribution is -2.30. The molecular weight excluding hydrogens is 236 g/mol. The van der Waals surface area contributed by atoms with Crippen molar-refractivity contribution in [1.29, 1.82) is 0 Å². The Morgan fingerprint density at radius 3 is 2.47 bits per heavy atom. The molecule has 1 atom stereocenters. The van der Waals surface area contributed by atoms with Crippen LogP contribution >= 0.6 is 0 Å². The van der Waals surface area contributed by atoms with Crippen LogP contribution in [0.1, 0.15) is 65.7 Å². The molecule has 1 saturated carbocycles. The predicted octanol–water partition coefficient (Wildman–Crippen LogP) is 3.08. The highest BCUT2D eigenvalue weighted by atomic mass is 16.1. The van der Waals surface area contributed by atoms with Gasteiger partial charge in [0.1, 0.15) is 0 Å². The largest absolute Gasteiger partial charge is 0.356 e. The molecule has 1 fully saturated rings. The van der Waals surface area contributed by atoms with Crippen LogP contribution in [-0.2, 0) is 4.79 Å². The normalized spacial score (nSPS) is 18.4. The molecule has 0 spiro atoms. The van der Waals surface area contributed by atoms with Gasteiger partial charge in [0, 0.05) is 13.0 Å². The molecule has 3 heteroatoms. The molecule has 3 nitrogen and oxygen atoms in total. The van der Waals surface area contributed by atoms with Crippen LogP contribution in [0.2, 0.25) is 0 Å². The first-order valence-electron chi connectivity index (χ1n) is 8.00. The van der Waals surface area contributed by atoms with Crippen molar-refractivity contribution < 1.29 is 4.79 Å². The monoisotopic (exact) mass is 268 g/mol. The molecule has 0 aromatic carbocycles. The first-order valence-corrected chi connectivity index (χ1v) is 8.00. The summed E-state index contributed by atoms with van der Waals surface area (Å²) in [6.07, 6.45) is 7.74. The summed E-state index contributed by atoms with van der Waals surface area (Å²) in [7, 11) is 0. The van der Waals surface area contributed by atoms with E-state index >= 15 is 0 Å². The number of hydrogen-bond acceptors (Lipinski definition) is 2. The molecule has 1 aliphatic rings. The van der Waals surface area contributed by atoms with Crippen LogP contribution in [0, 0.1) is 17.3 Å². The molecule has 0 radical (unpaired) electrons. The van der Waals surface area contributed by atoms with Crippen LogP contribution in [0.15, 0.2) is 0 Å². The fourth-order valence-corrected chi connectivity index (χ4v) is 2.94. The van der Waals surface area contributed by atoms with Gasteiger partial charge in [0.15, 0.2) is 0 Å². The van der Waals surface area contributed by atoms with E-state index in [-0.39, 0.29) is 5.91 Å². The predicted molar refractivity (Wildman–Crippen MR) is 80.8 cm³/mol. The third kappa shape index (κ3) is 5.94. The van der Waals surface area contributed by atoms with E-state index in [4.69, 9.17) is 5.73 Å². The van der Waals surface area contributed by atoms with Gasteiger partial charge in [-0.2, -0.15) is 0 Å². The average molecular weight is 268 g/mol. The Kier molecular flexibility index (Phi) is 6.84. The highest BCUT2D eigenvalue weighted by molar-refractivity contribution is 5.75. The molecule has 0 saturated heterocycles. The Morgan fingerprint density at radius 2 is 2.00 bits per heavy atom. The second-order valence-corrected chi connectivity index (χ2v) is 6.65. The molecule has 0 aromatic heterocycles. The fraction of sp³-hybridized carbons (Fsp3) is 0.938. The molecule has 1 amide bonds. The second kappa shape index (κ2) is 7.88. The third-order valence-electron chi connectivity index (χ3n) is 4.62. The van der Waals surface area contributed by atoms with Crippen LogP contribution < -0.4 is 11.1 Å². The van der Waals surface area contributed by atoms with E-state index in [1.165, 1.54) is 25.7 Å². The van der Waals surface area contributed by atoms with Crippen LogP contribution in [-0.4, -0.2) is 19.0 Å². The van der Waals surface area contributed by atoms with Gasteiger partial charge in [0.05, 0.1) is 0 Å². The van der Waals surface area contributed by atoms with Crippen molar-refractivity contribution >= 4 is 5.91 Å². The highest BCUT2D eigenvalue weighted by Gasteiger charge is 2.41. The zero-order valence-electron chi connectivity index (χ0n) is 13.0. The lowest BCUT2D eigenvalue weighted by molar-refractivity contribution is -0.121. The number of hydrogen-bond donors (Lipinski definition) is 2. The molecular formula is C16H32N2O. The molecule has 0 bridgehead atoms. The lowest BCUT2D eigenvalue weighted by atomic mass is 9.88. The van der Waals surface area contributed by atoms with Gasteiger partial charge in [-0.05, 0) is 55.9 Å². The molecule has 0 aromatic rings. The van der Waals surface area contributed by atoms with Crippen molar-refractivity contribution in [3.63, 3.8) is 0 Å². The average Bonchev–Trinajstić information content (AvgIpc) is 3.12. The maximum Gasteiger partial charge on any atom is 0.220 e. The molecule has 112 valence electrons. The van der Waals surface area contributed by atoms with E-state index in [0.717, 1.165) is 25.9 Å². The Labute approximate surface area is 118 Å². The van der Waals surface area contributed by atoms with Gasteiger partial charge in [-0.25, -0.2) is 0 Å². The van der Waals surface area contributed by atoms with Crippen LogP contribution in [0.5, 0.6) is 0 Å². The van der Waals surface area contributed by atoms with Crippen LogP contribution in [0.25, 0.3) is 0 Å². The van der Waals surface area contributed by atoms with E-state index < -0.39 is 0 Å². The summed E-state index contributed by atoms with van der Waals surface area (Å²) in [5, 5.41) is 3.14. The minimum Gasteiger partial charge on any atom is -0.356 e. The van der Waals surface area contributed by atoms with Crippen LogP contribution in [0.4, 0.5) is 0 Å². The van der Waals surface area contributed by atoms with Crippen molar-refractivity contribution in [2.75, 3.05) is 13.1 Å². The second-order valence-electron chi connectivity index (χ2n) is 6.65. The maximum absolute atomic E-state index is 11.9. The van der Waals surface area contributed by atoms with Gasteiger partial charge in [-0.15, -0.1) is 0 Å². The fourth-order valence-electron chi connectivity index (χ4n) is 2.94. The SMILES string of the molecule is CCCC1(CNC(=O)CCC(CCN)C(C)C)CC1. The Bertz CT molecular complexity index is 272. The minimum absolute atomic E-state index is 0.227. The molecule has 1 rings (SSSR count). The summed E-state index contributed by atoms with van der Waals surface area (Å²) in [5.74, 6) is 1.43. The van der Waals surface area contributed by atoms with E-state index in [2.05, 4.69) is 26.1 Å². The number of carbonyl (C=O) groups excluding carboxylic acids is 1. The molecule has 3 N–H and O–H groups in total. The lowest BCUT2D eigenvalue weighted by Gasteiger charge is -2.20. The third-order valence-corrected chi connectivity index (χ3v) is 4.62. The molecule has 1 aliphatic carbocycles. The van der Waals surface area contributed by atoms with Gasteiger partial charge >= 0.3 is 0 Å². The molecule has 19 heavy (non-hydrogen) atoms. The summed E-state index contributed by atoms with van der Waals surface area (Å²) >= 11 is 0. The van der Waals surface area contributed by atoms with Crippen molar-refractivity contribution in [2.45, 2.75) is 65.7 Å². The zero-order chi connectivity index (χ0) is 14.3. The number of carbonyl (C=O) groups is 1. The molecule has 1 unspecified atom stereocenters. The highest BCUT2D eigenvalue weighted by Crippen LogP contribution is 2.48. The maximum atomic E-state index is 11.9. The Morgan fingerprint density at radius 1 is 1.32 bits per heavy atom. The summed E-state index contributed by atoms with van der Waals surface area (Å²) in [6.45, 7) is 8.28. The first-order chi connectivity index (χ1) is 9.03. The molecule has 0 heterocycles. The van der Waals surface area contributed by atoms with Gasteiger partial charge in [-0.3, -0.25) is 4.79 Å². The minimum atomic E-state index is 0.227. The van der Waals surface area contributed by atoms with Crippen molar-refractivity contribution in [3.8, 4) is 0 Å². The van der Waals surface area contributed by atoms with E-state index in [0.29, 0.717) is 23.7 Å². The number of nitrogens with two attached hydrogens (primary N) is 1. The van der Waals surface area contributed by atoms with Gasteiger partial charge in [0.25, 0.3) is 0 Å². The Balaban J connectivity index is 2.20. The van der Waals surface area contributed by atoms with Crippen LogP contribution in [0.3, 0.4) is 0 Å². The summed E-state index contributed by atoms with van der Waals surface area (Å²) in [5.41, 5.74) is 6.09. The number of nitrogens with one attached hydrogen (secondary N) is 1. The standard InChI is InChI=1S/C16H32N2O/c1-4-8-16(9-10-16)12-18-15(19)6-5-14(7-11-17)13(2)3/h13-14H,4-12,17H2,1-3H3,(H,18,19). The quantitative estimate of drug-likeness (QED) is 0.639. The summed E-state index contributed by atoms with van der Waals surface area (Å²) in [6, 6.07) is 0. The van der Waals surface area contributed by atoms with Crippen molar-refractivity contribution in [2.24, 2.45) is 23.0 Å². The summed E-state index contributed by atoms with van der Waals surface area (Å²) in [4.78, 5) is 11.9. The zero-order valence-corrected chi connectivity index (χ0v) is 13.0. The smallest absolute Gasteiger partial charge is 0.220 e. The van der Waals surface area contributed by atoms with E-state index in [9.17, 15) is 4.79 Å². The summed E-state index contributed by atoms with van der Waals surface area (Å²) < 4.78 is 0. The Hall–Kier alpha value is -0.570. The van der Waals surface area contributed by atoms with E-state index in [1.807, 2.05) is 0 Å². The van der Waals surface area contributed by atoms with Gasteiger partial charge in [0.2, 0.25) is 5.91 Å². The molecule has 0 aliphatic heterocycles. The topological polar surface area (TPSA) is 55.1 Å². The first kappa shape index (κ1) is 16.5. The van der Waals surface area contributed by atoms with Gasteiger partial charge in [-0.1, -0.05) is 27.2 Å².